The number of furan rings is 1. The lowest BCUT2D eigenvalue weighted by molar-refractivity contribution is -0.137. The third kappa shape index (κ3) is 6.75. The molecular formula is C14H19BrN2O5. The van der Waals surface area contributed by atoms with Gasteiger partial charge in [0.05, 0.1) is 6.54 Å². The number of nitrogens with one attached hydrogen (secondary N) is 1. The second-order valence-corrected chi connectivity index (χ2v) is 5.60. The van der Waals surface area contributed by atoms with E-state index < -0.39 is 5.97 Å². The Morgan fingerprint density at radius 3 is 2.59 bits per heavy atom. The second-order valence-electron chi connectivity index (χ2n) is 4.82. The molecule has 0 aliphatic heterocycles. The van der Waals surface area contributed by atoms with Gasteiger partial charge in [-0.15, -0.1) is 0 Å². The average molecular weight is 375 g/mol. The number of unbranched alkanes of at least 4 members (excludes halogenated alkanes) is 2. The maximum Gasteiger partial charge on any atom is 0.303 e. The average Bonchev–Trinajstić information content (AvgIpc) is 2.88. The number of carbonyl (C=O) groups excluding carboxylic acids is 2. The van der Waals surface area contributed by atoms with Gasteiger partial charge in [0, 0.05) is 20.0 Å². The Balaban J connectivity index is 2.21. The molecule has 0 saturated carbocycles. The van der Waals surface area contributed by atoms with Crippen LogP contribution in [0.5, 0.6) is 0 Å². The normalized spacial score (nSPS) is 10.3. The van der Waals surface area contributed by atoms with Crippen LogP contribution in [0, 0.1) is 0 Å². The molecule has 0 fully saturated rings. The van der Waals surface area contributed by atoms with E-state index in [-0.39, 0.29) is 30.5 Å². The number of hydrogen-bond donors (Lipinski definition) is 2. The van der Waals surface area contributed by atoms with Gasteiger partial charge < -0.3 is 19.7 Å². The molecule has 0 aliphatic rings. The first-order valence-corrected chi connectivity index (χ1v) is 7.68. The van der Waals surface area contributed by atoms with Gasteiger partial charge in [-0.3, -0.25) is 14.4 Å². The van der Waals surface area contributed by atoms with E-state index >= 15 is 0 Å². The minimum atomic E-state index is -0.811. The molecular weight excluding hydrogens is 356 g/mol. The van der Waals surface area contributed by atoms with E-state index in [1.807, 2.05) is 0 Å². The largest absolute Gasteiger partial charge is 0.481 e. The molecule has 0 atom stereocenters. The number of likely N-dealkylation sites (N-methyl/N-ethyl adjacent to an activating group) is 1. The molecule has 1 aromatic heterocycles. The molecule has 0 aromatic carbocycles. The summed E-state index contributed by atoms with van der Waals surface area (Å²) in [5, 5.41) is 11.2. The van der Waals surface area contributed by atoms with E-state index in [4.69, 9.17) is 9.52 Å². The molecule has 0 radical (unpaired) electrons. The summed E-state index contributed by atoms with van der Waals surface area (Å²) in [5.74, 6) is -1.29. The zero-order chi connectivity index (χ0) is 16.5. The molecule has 8 heteroatoms. The highest BCUT2D eigenvalue weighted by Gasteiger charge is 2.17. The Morgan fingerprint density at radius 1 is 1.27 bits per heavy atom. The number of aliphatic carboxylic acids is 1. The summed E-state index contributed by atoms with van der Waals surface area (Å²) in [5.41, 5.74) is 0. The van der Waals surface area contributed by atoms with Gasteiger partial charge in [0.25, 0.3) is 5.91 Å². The van der Waals surface area contributed by atoms with Crippen molar-refractivity contribution in [2.45, 2.75) is 25.7 Å². The molecule has 22 heavy (non-hydrogen) atoms. The number of carboxylic acid groups (broad SMARTS) is 1. The first-order valence-electron chi connectivity index (χ1n) is 6.89. The first-order chi connectivity index (χ1) is 10.4. The van der Waals surface area contributed by atoms with Crippen molar-refractivity contribution in [1.82, 2.24) is 10.2 Å². The maximum atomic E-state index is 11.9. The number of halogens is 1. The summed E-state index contributed by atoms with van der Waals surface area (Å²) in [6.07, 6.45) is 2.18. The van der Waals surface area contributed by atoms with Gasteiger partial charge in [0.2, 0.25) is 5.91 Å². The van der Waals surface area contributed by atoms with Crippen LogP contribution < -0.4 is 5.32 Å². The zero-order valence-electron chi connectivity index (χ0n) is 12.3. The highest BCUT2D eigenvalue weighted by Crippen LogP contribution is 2.15. The lowest BCUT2D eigenvalue weighted by atomic mass is 10.2. The molecule has 0 spiro atoms. The van der Waals surface area contributed by atoms with Gasteiger partial charge in [0.1, 0.15) is 0 Å². The molecule has 2 N–H and O–H groups in total. The molecule has 2 amide bonds. The minimum Gasteiger partial charge on any atom is -0.481 e. The SMILES string of the molecule is CN(CC(=O)NCCCCCC(=O)O)C(=O)c1ccc(Br)o1. The maximum absolute atomic E-state index is 11.9. The number of carboxylic acids is 1. The topological polar surface area (TPSA) is 99.9 Å². The van der Waals surface area contributed by atoms with Gasteiger partial charge in [0.15, 0.2) is 10.4 Å². The van der Waals surface area contributed by atoms with Gasteiger partial charge in [-0.05, 0) is 40.9 Å². The number of hydrogen-bond acceptors (Lipinski definition) is 4. The van der Waals surface area contributed by atoms with Crippen molar-refractivity contribution < 1.29 is 23.9 Å². The fourth-order valence-electron chi connectivity index (χ4n) is 1.77. The van der Waals surface area contributed by atoms with E-state index in [1.165, 1.54) is 18.0 Å². The van der Waals surface area contributed by atoms with Gasteiger partial charge in [-0.25, -0.2) is 0 Å². The van der Waals surface area contributed by atoms with Crippen molar-refractivity contribution in [3.63, 3.8) is 0 Å². The highest BCUT2D eigenvalue weighted by molar-refractivity contribution is 9.10. The van der Waals surface area contributed by atoms with Crippen molar-refractivity contribution in [3.8, 4) is 0 Å². The first kappa shape index (κ1) is 18.2. The smallest absolute Gasteiger partial charge is 0.303 e. The number of carbonyl (C=O) groups is 3. The van der Waals surface area contributed by atoms with Gasteiger partial charge in [-0.1, -0.05) is 6.42 Å². The van der Waals surface area contributed by atoms with Crippen molar-refractivity contribution in [3.05, 3.63) is 22.6 Å². The van der Waals surface area contributed by atoms with Crippen LogP contribution in [0.2, 0.25) is 0 Å². The molecule has 1 rings (SSSR count). The van der Waals surface area contributed by atoms with Crippen molar-refractivity contribution in [1.29, 1.82) is 0 Å². The van der Waals surface area contributed by atoms with Crippen LogP contribution >= 0.6 is 15.9 Å². The second kappa shape index (κ2) is 9.24. The molecule has 1 heterocycles. The Hall–Kier alpha value is -1.83. The number of amides is 2. The number of nitrogens with zero attached hydrogens (tertiary/aromatic N) is 1. The molecule has 0 aliphatic carbocycles. The Labute approximate surface area is 136 Å². The van der Waals surface area contributed by atoms with Crippen molar-refractivity contribution in [2.24, 2.45) is 0 Å². The van der Waals surface area contributed by atoms with Crippen LogP contribution in [0.4, 0.5) is 0 Å². The lowest BCUT2D eigenvalue weighted by Gasteiger charge is -2.15. The Kier molecular flexibility index (Phi) is 7.65. The summed E-state index contributed by atoms with van der Waals surface area (Å²) in [7, 11) is 1.52. The van der Waals surface area contributed by atoms with Crippen LogP contribution in [0.3, 0.4) is 0 Å². The summed E-state index contributed by atoms with van der Waals surface area (Å²) >= 11 is 3.11. The molecule has 0 saturated heterocycles. The van der Waals surface area contributed by atoms with Crippen LogP contribution in [0.25, 0.3) is 0 Å². The monoisotopic (exact) mass is 374 g/mol. The molecule has 0 unspecified atom stereocenters. The van der Waals surface area contributed by atoms with E-state index in [0.717, 1.165) is 6.42 Å². The summed E-state index contributed by atoms with van der Waals surface area (Å²) in [6.45, 7) is 0.402. The fraction of sp³-hybridized carbons (Fsp3) is 0.500. The predicted molar refractivity (Wildman–Crippen MR) is 82.5 cm³/mol. The van der Waals surface area contributed by atoms with Crippen molar-refractivity contribution in [2.75, 3.05) is 20.1 Å². The van der Waals surface area contributed by atoms with Crippen LogP contribution in [0.1, 0.15) is 36.2 Å². The van der Waals surface area contributed by atoms with Crippen LogP contribution in [-0.2, 0) is 9.59 Å². The number of rotatable bonds is 9. The third-order valence-electron chi connectivity index (χ3n) is 2.90. The standard InChI is InChI=1S/C14H19BrN2O5/c1-17(14(21)10-6-7-11(15)22-10)9-12(18)16-8-4-2-3-5-13(19)20/h6-7H,2-5,8-9H2,1H3,(H,16,18)(H,19,20). The van der Waals surface area contributed by atoms with Gasteiger partial charge >= 0.3 is 5.97 Å². The predicted octanol–water partition coefficient (Wildman–Crippen LogP) is 1.88. The highest BCUT2D eigenvalue weighted by atomic mass is 79.9. The van der Waals surface area contributed by atoms with E-state index in [0.29, 0.717) is 24.1 Å². The molecule has 7 nitrogen and oxygen atoms in total. The third-order valence-corrected chi connectivity index (χ3v) is 3.33. The lowest BCUT2D eigenvalue weighted by Crippen LogP contribution is -2.38. The van der Waals surface area contributed by atoms with E-state index in [9.17, 15) is 14.4 Å². The zero-order valence-corrected chi connectivity index (χ0v) is 13.9. The molecule has 122 valence electrons. The quantitative estimate of drug-likeness (QED) is 0.642. The minimum absolute atomic E-state index is 0.0632. The van der Waals surface area contributed by atoms with Crippen LogP contribution in [0.15, 0.2) is 21.2 Å². The summed E-state index contributed by atoms with van der Waals surface area (Å²) in [4.78, 5) is 35.2. The fourth-order valence-corrected chi connectivity index (χ4v) is 2.07. The molecule has 0 bridgehead atoms. The van der Waals surface area contributed by atoms with E-state index in [1.54, 1.807) is 6.07 Å². The Bertz CT molecular complexity index is 529. The molecule has 1 aromatic rings. The van der Waals surface area contributed by atoms with Crippen LogP contribution in [-0.4, -0.2) is 47.9 Å². The van der Waals surface area contributed by atoms with Gasteiger partial charge in [-0.2, -0.15) is 0 Å². The van der Waals surface area contributed by atoms with E-state index in [2.05, 4.69) is 21.2 Å². The van der Waals surface area contributed by atoms with Crippen molar-refractivity contribution >= 4 is 33.7 Å². The summed E-state index contributed by atoms with van der Waals surface area (Å²) in [6, 6.07) is 3.14. The Morgan fingerprint density at radius 2 is 2.00 bits per heavy atom. The summed E-state index contributed by atoms with van der Waals surface area (Å²) < 4.78 is 5.59.